The zero-order valence-corrected chi connectivity index (χ0v) is 14.2. The molecule has 0 saturated carbocycles. The van der Waals surface area contributed by atoms with E-state index in [2.05, 4.69) is 20.5 Å². The number of nitriles is 1. The first-order valence-electron chi connectivity index (χ1n) is 8.06. The lowest BCUT2D eigenvalue weighted by molar-refractivity contribution is -0.117. The minimum Gasteiger partial charge on any atom is -0.347 e. The maximum atomic E-state index is 12.3. The molecule has 1 aromatic carbocycles. The average molecular weight is 343 g/mol. The predicted molar refractivity (Wildman–Crippen MR) is 98.4 cm³/mol. The normalized spacial score (nSPS) is 11.0. The molecule has 0 bridgehead atoms. The molecule has 1 amide bonds. The summed E-state index contributed by atoms with van der Waals surface area (Å²) in [7, 11) is 0. The molecule has 2 aromatic heterocycles. The van der Waals surface area contributed by atoms with Crippen molar-refractivity contribution < 1.29 is 4.79 Å². The summed E-state index contributed by atoms with van der Waals surface area (Å²) < 4.78 is 0. The van der Waals surface area contributed by atoms with Gasteiger partial charge in [-0.3, -0.25) is 14.9 Å². The van der Waals surface area contributed by atoms with E-state index in [-0.39, 0.29) is 5.57 Å². The number of aryl methyl sites for hydroxylation is 1. The van der Waals surface area contributed by atoms with Gasteiger partial charge in [-0.15, -0.1) is 0 Å². The number of nitrogens with zero attached hydrogens (tertiary/aromatic N) is 3. The third kappa shape index (κ3) is 4.02. The summed E-state index contributed by atoms with van der Waals surface area (Å²) in [6.45, 7) is 2.32. The van der Waals surface area contributed by atoms with Crippen LogP contribution in [0.2, 0.25) is 0 Å². The van der Waals surface area contributed by atoms with Crippen molar-refractivity contribution in [2.45, 2.75) is 13.5 Å². The quantitative estimate of drug-likeness (QED) is 0.550. The summed E-state index contributed by atoms with van der Waals surface area (Å²) in [6, 6.07) is 13.5. The summed E-state index contributed by atoms with van der Waals surface area (Å²) in [4.78, 5) is 16.3. The van der Waals surface area contributed by atoms with Gasteiger partial charge in [0.05, 0.1) is 11.9 Å². The first-order valence-corrected chi connectivity index (χ1v) is 8.06. The number of hydrogen-bond acceptors (Lipinski definition) is 4. The van der Waals surface area contributed by atoms with E-state index in [1.54, 1.807) is 24.7 Å². The molecule has 0 aliphatic carbocycles. The number of hydrogen-bond donors (Lipinski definition) is 2. The third-order valence-corrected chi connectivity index (χ3v) is 3.85. The average Bonchev–Trinajstić information content (AvgIpc) is 3.14. The molecule has 3 rings (SSSR count). The molecule has 2 heterocycles. The summed E-state index contributed by atoms with van der Waals surface area (Å²) in [5.41, 5.74) is 4.41. The molecule has 0 atom stereocenters. The van der Waals surface area contributed by atoms with Crippen LogP contribution in [0.4, 0.5) is 0 Å². The molecule has 26 heavy (non-hydrogen) atoms. The smallest absolute Gasteiger partial charge is 0.262 e. The van der Waals surface area contributed by atoms with Crippen LogP contribution < -0.4 is 5.32 Å². The number of H-pyrrole nitrogens is 1. The van der Waals surface area contributed by atoms with Crippen LogP contribution in [0.15, 0.2) is 60.6 Å². The molecule has 0 aliphatic heterocycles. The Morgan fingerprint density at radius 1 is 1.27 bits per heavy atom. The number of carbonyl (C=O) groups is 1. The minimum absolute atomic E-state index is 0.0173. The van der Waals surface area contributed by atoms with Gasteiger partial charge in [0, 0.05) is 30.1 Å². The number of benzene rings is 1. The first kappa shape index (κ1) is 17.1. The number of aromatic nitrogens is 3. The summed E-state index contributed by atoms with van der Waals surface area (Å²) in [5, 5.41) is 19.1. The van der Waals surface area contributed by atoms with E-state index in [4.69, 9.17) is 0 Å². The lowest BCUT2D eigenvalue weighted by Crippen LogP contribution is -2.24. The van der Waals surface area contributed by atoms with E-state index in [1.165, 1.54) is 6.08 Å². The lowest BCUT2D eigenvalue weighted by Gasteiger charge is -2.04. The fourth-order valence-corrected chi connectivity index (χ4v) is 2.44. The van der Waals surface area contributed by atoms with Crippen molar-refractivity contribution in [1.82, 2.24) is 20.5 Å². The van der Waals surface area contributed by atoms with Crippen molar-refractivity contribution in [3.63, 3.8) is 0 Å². The highest BCUT2D eigenvalue weighted by molar-refractivity contribution is 6.02. The largest absolute Gasteiger partial charge is 0.347 e. The van der Waals surface area contributed by atoms with Gasteiger partial charge in [-0.25, -0.2) is 0 Å². The second kappa shape index (κ2) is 7.90. The Morgan fingerprint density at radius 2 is 2.08 bits per heavy atom. The molecular formula is C20H17N5O. The van der Waals surface area contributed by atoms with Crippen LogP contribution in [0.3, 0.4) is 0 Å². The molecule has 6 heteroatoms. The van der Waals surface area contributed by atoms with E-state index in [0.717, 1.165) is 22.4 Å². The number of amides is 1. The maximum absolute atomic E-state index is 12.3. The van der Waals surface area contributed by atoms with E-state index < -0.39 is 5.91 Å². The Labute approximate surface area is 151 Å². The molecule has 3 aromatic rings. The highest BCUT2D eigenvalue weighted by atomic mass is 16.1. The number of nitrogens with one attached hydrogen (secondary N) is 2. The van der Waals surface area contributed by atoms with Crippen molar-refractivity contribution in [2.24, 2.45) is 0 Å². The fourth-order valence-electron chi connectivity index (χ4n) is 2.44. The Balaban J connectivity index is 1.79. The fraction of sp³-hybridized carbons (Fsp3) is 0.100. The van der Waals surface area contributed by atoms with E-state index >= 15 is 0 Å². The second-order valence-corrected chi connectivity index (χ2v) is 5.78. The molecule has 0 fully saturated rings. The molecule has 0 unspecified atom stereocenters. The SMILES string of the molecule is Cc1ccc(-c2[nH]ncc2/C=C(/C#N)C(=O)NCc2cccnc2)cc1. The Bertz CT molecular complexity index is 965. The summed E-state index contributed by atoms with van der Waals surface area (Å²) >= 11 is 0. The van der Waals surface area contributed by atoms with E-state index in [0.29, 0.717) is 12.1 Å². The van der Waals surface area contributed by atoms with Gasteiger partial charge in [-0.05, 0) is 24.6 Å². The number of carbonyl (C=O) groups excluding carboxylic acids is 1. The lowest BCUT2D eigenvalue weighted by atomic mass is 10.0. The van der Waals surface area contributed by atoms with Crippen molar-refractivity contribution in [1.29, 1.82) is 5.26 Å². The molecule has 0 aliphatic rings. The van der Waals surface area contributed by atoms with Gasteiger partial charge in [-0.2, -0.15) is 10.4 Å². The van der Waals surface area contributed by atoms with Crippen molar-refractivity contribution in [3.05, 3.63) is 77.3 Å². The molecule has 6 nitrogen and oxygen atoms in total. The van der Waals surface area contributed by atoms with Gasteiger partial charge >= 0.3 is 0 Å². The van der Waals surface area contributed by atoms with Crippen LogP contribution in [-0.2, 0) is 11.3 Å². The molecule has 128 valence electrons. The van der Waals surface area contributed by atoms with Gasteiger partial charge < -0.3 is 5.32 Å². The standard InChI is InChI=1S/C20H17N5O/c1-14-4-6-16(7-5-14)19-18(13-24-25-19)9-17(10-21)20(26)23-12-15-3-2-8-22-11-15/h2-9,11,13H,12H2,1H3,(H,23,26)(H,24,25)/b17-9-. The van der Waals surface area contributed by atoms with Crippen LogP contribution >= 0.6 is 0 Å². The number of aromatic amines is 1. The number of pyridine rings is 1. The molecule has 0 spiro atoms. The number of rotatable bonds is 5. The first-order chi connectivity index (χ1) is 12.7. The maximum Gasteiger partial charge on any atom is 0.262 e. The Hall–Kier alpha value is -3.72. The zero-order valence-electron chi connectivity index (χ0n) is 14.2. The molecular weight excluding hydrogens is 326 g/mol. The summed E-state index contributed by atoms with van der Waals surface area (Å²) in [5.74, 6) is -0.438. The second-order valence-electron chi connectivity index (χ2n) is 5.78. The van der Waals surface area contributed by atoms with Crippen LogP contribution in [0.5, 0.6) is 0 Å². The highest BCUT2D eigenvalue weighted by Gasteiger charge is 2.12. The van der Waals surface area contributed by atoms with Gasteiger partial charge in [0.25, 0.3) is 5.91 Å². The third-order valence-electron chi connectivity index (χ3n) is 3.85. The van der Waals surface area contributed by atoms with Crippen LogP contribution in [0, 0.1) is 18.3 Å². The van der Waals surface area contributed by atoms with Gasteiger partial charge in [0.1, 0.15) is 11.6 Å². The van der Waals surface area contributed by atoms with Gasteiger partial charge in [0.2, 0.25) is 0 Å². The van der Waals surface area contributed by atoms with Crippen LogP contribution in [0.1, 0.15) is 16.7 Å². The molecule has 0 saturated heterocycles. The van der Waals surface area contributed by atoms with E-state index in [1.807, 2.05) is 43.3 Å². The predicted octanol–water partition coefficient (Wildman–Crippen LogP) is 3.00. The minimum atomic E-state index is -0.438. The highest BCUT2D eigenvalue weighted by Crippen LogP contribution is 2.23. The topological polar surface area (TPSA) is 94.5 Å². The van der Waals surface area contributed by atoms with Gasteiger partial charge in [0.15, 0.2) is 0 Å². The van der Waals surface area contributed by atoms with Crippen molar-refractivity contribution in [2.75, 3.05) is 0 Å². The molecule has 2 N–H and O–H groups in total. The summed E-state index contributed by atoms with van der Waals surface area (Å²) in [6.07, 6.45) is 6.47. The molecule has 0 radical (unpaired) electrons. The van der Waals surface area contributed by atoms with E-state index in [9.17, 15) is 10.1 Å². The Morgan fingerprint density at radius 3 is 2.77 bits per heavy atom. The van der Waals surface area contributed by atoms with Crippen molar-refractivity contribution >= 4 is 12.0 Å². The monoisotopic (exact) mass is 343 g/mol. The van der Waals surface area contributed by atoms with Crippen molar-refractivity contribution in [3.8, 4) is 17.3 Å². The Kier molecular flexibility index (Phi) is 5.20. The zero-order chi connectivity index (χ0) is 18.4. The van der Waals surface area contributed by atoms with Crippen LogP contribution in [0.25, 0.3) is 17.3 Å². The van der Waals surface area contributed by atoms with Gasteiger partial charge in [-0.1, -0.05) is 35.9 Å². The van der Waals surface area contributed by atoms with Crippen LogP contribution in [-0.4, -0.2) is 21.1 Å².